The van der Waals surface area contributed by atoms with Gasteiger partial charge in [0.05, 0.1) is 0 Å². The molecular weight excluding hydrogens is 280 g/mol. The highest BCUT2D eigenvalue weighted by atomic mass is 32.1. The highest BCUT2D eigenvalue weighted by Crippen LogP contribution is 2.53. The number of carboxylic acid groups (broad SMARTS) is 1. The summed E-state index contributed by atoms with van der Waals surface area (Å²) >= 11 is 1.31. The number of hydrogen-bond acceptors (Lipinski definition) is 2. The van der Waals surface area contributed by atoms with Gasteiger partial charge in [0.25, 0.3) is 0 Å². The Balaban J connectivity index is 1.58. The predicted octanol–water partition coefficient (Wildman–Crippen LogP) is 4.98. The van der Waals surface area contributed by atoms with Gasteiger partial charge in [-0.2, -0.15) is 0 Å². The Kier molecular flexibility index (Phi) is 2.96. The van der Waals surface area contributed by atoms with Gasteiger partial charge in [0.2, 0.25) is 0 Å². The van der Waals surface area contributed by atoms with Gasteiger partial charge in [0, 0.05) is 4.88 Å². The molecule has 106 valence electrons. The van der Waals surface area contributed by atoms with Crippen LogP contribution in [0.4, 0.5) is 0 Å². The van der Waals surface area contributed by atoms with Crippen LogP contribution in [-0.4, -0.2) is 11.1 Å². The maximum absolute atomic E-state index is 10.9. The van der Waals surface area contributed by atoms with Gasteiger partial charge in [-0.25, -0.2) is 4.79 Å². The summed E-state index contributed by atoms with van der Waals surface area (Å²) in [5.74, 6) is 0.727. The van der Waals surface area contributed by atoms with Crippen LogP contribution < -0.4 is 0 Å². The molecule has 1 aromatic carbocycles. The van der Waals surface area contributed by atoms with Crippen molar-refractivity contribution in [2.45, 2.75) is 31.1 Å². The quantitative estimate of drug-likeness (QED) is 0.867. The van der Waals surface area contributed by atoms with E-state index in [0.717, 1.165) is 16.7 Å². The largest absolute Gasteiger partial charge is 0.477 e. The number of carboxylic acids is 1. The van der Waals surface area contributed by atoms with Gasteiger partial charge in [0.1, 0.15) is 4.88 Å². The van der Waals surface area contributed by atoms with E-state index in [9.17, 15) is 4.79 Å². The lowest BCUT2D eigenvalue weighted by atomic mass is 9.90. The lowest BCUT2D eigenvalue weighted by Gasteiger charge is -2.15. The third-order valence-electron chi connectivity index (χ3n) is 4.70. The summed E-state index contributed by atoms with van der Waals surface area (Å²) in [5, 5.41) is 8.94. The molecule has 1 heterocycles. The number of benzene rings is 1. The van der Waals surface area contributed by atoms with Crippen LogP contribution in [0, 0.1) is 0 Å². The average molecular weight is 296 g/mol. The van der Waals surface area contributed by atoms with E-state index >= 15 is 0 Å². The molecule has 2 unspecified atom stereocenters. The molecule has 2 atom stereocenters. The van der Waals surface area contributed by atoms with Gasteiger partial charge in [-0.3, -0.25) is 0 Å². The molecule has 2 nitrogen and oxygen atoms in total. The van der Waals surface area contributed by atoms with E-state index in [4.69, 9.17) is 5.11 Å². The highest BCUT2D eigenvalue weighted by Gasteiger charge is 2.36. The fourth-order valence-corrected chi connectivity index (χ4v) is 4.45. The van der Waals surface area contributed by atoms with Crippen molar-refractivity contribution in [3.8, 4) is 0 Å². The molecule has 0 spiro atoms. The van der Waals surface area contributed by atoms with Crippen molar-refractivity contribution in [2.75, 3.05) is 0 Å². The van der Waals surface area contributed by atoms with E-state index in [0.29, 0.717) is 4.88 Å². The van der Waals surface area contributed by atoms with Crippen molar-refractivity contribution in [3.05, 3.63) is 56.8 Å². The molecule has 0 radical (unpaired) electrons. The maximum atomic E-state index is 10.9. The smallest absolute Gasteiger partial charge is 0.345 e. The molecule has 1 N–H and O–H groups in total. The molecule has 2 bridgehead atoms. The normalized spacial score (nSPS) is 22.9. The van der Waals surface area contributed by atoms with Crippen LogP contribution in [0.15, 0.2) is 30.3 Å². The van der Waals surface area contributed by atoms with Crippen molar-refractivity contribution in [1.82, 2.24) is 0 Å². The molecule has 2 aliphatic rings. The zero-order chi connectivity index (χ0) is 14.4. The third-order valence-corrected chi connectivity index (χ3v) is 5.74. The molecule has 0 aliphatic heterocycles. The third kappa shape index (κ3) is 2.22. The van der Waals surface area contributed by atoms with Gasteiger partial charge in [0.15, 0.2) is 0 Å². The molecule has 4 rings (SSSR count). The van der Waals surface area contributed by atoms with E-state index in [2.05, 4.69) is 24.3 Å². The first-order valence-corrected chi connectivity index (χ1v) is 8.17. The van der Waals surface area contributed by atoms with Crippen molar-refractivity contribution in [1.29, 1.82) is 0 Å². The first kappa shape index (κ1) is 12.8. The van der Waals surface area contributed by atoms with Crippen LogP contribution in [0.3, 0.4) is 0 Å². The molecule has 1 fully saturated rings. The van der Waals surface area contributed by atoms with E-state index in [1.165, 1.54) is 36.2 Å². The SMILES string of the molecule is O=C(O)c1ccc(/C=C/c2ccc3c(c2)C2CCC3C2)s1. The van der Waals surface area contributed by atoms with Crippen molar-refractivity contribution < 1.29 is 9.90 Å². The second-order valence-corrected chi connectivity index (χ2v) is 7.05. The molecule has 21 heavy (non-hydrogen) atoms. The molecule has 0 saturated heterocycles. The van der Waals surface area contributed by atoms with E-state index < -0.39 is 5.97 Å². The Labute approximate surface area is 127 Å². The number of carbonyl (C=O) groups is 1. The second-order valence-electron chi connectivity index (χ2n) is 5.94. The standard InChI is InChI=1S/C18H16O2S/c19-18(20)17-8-6-14(21-17)5-1-11-2-7-15-12-3-4-13(10-12)16(15)9-11/h1-2,5-9,12-13H,3-4,10H2,(H,19,20)/b5-1+. The van der Waals surface area contributed by atoms with Crippen LogP contribution in [0.2, 0.25) is 0 Å². The molecule has 0 amide bonds. The highest BCUT2D eigenvalue weighted by molar-refractivity contribution is 7.14. The fourth-order valence-electron chi connectivity index (χ4n) is 3.70. The summed E-state index contributed by atoms with van der Waals surface area (Å²) in [6.07, 6.45) is 8.14. The first-order chi connectivity index (χ1) is 10.2. The minimum Gasteiger partial charge on any atom is -0.477 e. The molecule has 3 heteroatoms. The van der Waals surface area contributed by atoms with Gasteiger partial charge in [-0.05, 0) is 66.0 Å². The zero-order valence-corrected chi connectivity index (χ0v) is 12.4. The summed E-state index contributed by atoms with van der Waals surface area (Å²) in [4.78, 5) is 12.2. The Morgan fingerprint density at radius 2 is 1.90 bits per heavy atom. The lowest BCUT2D eigenvalue weighted by molar-refractivity contribution is 0.0702. The summed E-state index contributed by atoms with van der Waals surface area (Å²) in [6.45, 7) is 0. The van der Waals surface area contributed by atoms with E-state index in [-0.39, 0.29) is 0 Å². The maximum Gasteiger partial charge on any atom is 0.345 e. The summed E-state index contributed by atoms with van der Waals surface area (Å²) in [5.41, 5.74) is 4.32. The Morgan fingerprint density at radius 3 is 2.67 bits per heavy atom. The molecule has 1 aromatic heterocycles. The van der Waals surface area contributed by atoms with Crippen molar-refractivity contribution in [2.24, 2.45) is 0 Å². The molecule has 2 aromatic rings. The minimum absolute atomic E-state index is 0.390. The average Bonchev–Trinajstić information content (AvgIpc) is 3.20. The van der Waals surface area contributed by atoms with Gasteiger partial charge in [-0.1, -0.05) is 24.3 Å². The number of fused-ring (bicyclic) bond motifs is 5. The molecular formula is C18H16O2S. The zero-order valence-electron chi connectivity index (χ0n) is 11.6. The van der Waals surface area contributed by atoms with Crippen LogP contribution in [-0.2, 0) is 0 Å². The van der Waals surface area contributed by atoms with Crippen molar-refractivity contribution >= 4 is 29.5 Å². The van der Waals surface area contributed by atoms with Crippen LogP contribution >= 0.6 is 11.3 Å². The molecule has 2 aliphatic carbocycles. The summed E-state index contributed by atoms with van der Waals surface area (Å²) in [7, 11) is 0. The van der Waals surface area contributed by atoms with E-state index in [1.54, 1.807) is 17.2 Å². The minimum atomic E-state index is -0.854. The van der Waals surface area contributed by atoms with Gasteiger partial charge >= 0.3 is 5.97 Å². The second kappa shape index (κ2) is 4.85. The van der Waals surface area contributed by atoms with Crippen LogP contribution in [0.1, 0.15) is 62.3 Å². The Morgan fingerprint density at radius 1 is 1.10 bits per heavy atom. The predicted molar refractivity (Wildman–Crippen MR) is 86.0 cm³/mol. The lowest BCUT2D eigenvalue weighted by Crippen LogP contribution is -1.97. The molecule has 1 saturated carbocycles. The number of rotatable bonds is 3. The van der Waals surface area contributed by atoms with Gasteiger partial charge in [-0.15, -0.1) is 11.3 Å². The van der Waals surface area contributed by atoms with Crippen LogP contribution in [0.25, 0.3) is 12.2 Å². The first-order valence-electron chi connectivity index (χ1n) is 7.36. The van der Waals surface area contributed by atoms with E-state index in [1.807, 2.05) is 12.1 Å². The van der Waals surface area contributed by atoms with Crippen molar-refractivity contribution in [3.63, 3.8) is 0 Å². The summed E-state index contributed by atoms with van der Waals surface area (Å²) < 4.78 is 0. The Bertz CT molecular complexity index is 741. The fraction of sp³-hybridized carbons (Fsp3) is 0.278. The topological polar surface area (TPSA) is 37.3 Å². The summed E-state index contributed by atoms with van der Waals surface area (Å²) in [6, 6.07) is 10.3. The number of hydrogen-bond donors (Lipinski definition) is 1. The van der Waals surface area contributed by atoms with Gasteiger partial charge < -0.3 is 5.11 Å². The number of thiophene rings is 1. The number of aromatic carboxylic acids is 1. The monoisotopic (exact) mass is 296 g/mol. The van der Waals surface area contributed by atoms with Crippen LogP contribution in [0.5, 0.6) is 0 Å². The Hall–Kier alpha value is -1.87.